The van der Waals surface area contributed by atoms with Crippen molar-refractivity contribution in [2.24, 2.45) is 0 Å². The van der Waals surface area contributed by atoms with Crippen LogP contribution in [0.4, 0.5) is 9.18 Å². The largest absolute Gasteiger partial charge is 0.445 e. The van der Waals surface area contributed by atoms with E-state index in [9.17, 15) is 14.0 Å². The van der Waals surface area contributed by atoms with Crippen molar-refractivity contribution >= 4 is 12.1 Å². The van der Waals surface area contributed by atoms with Crippen LogP contribution in [0.1, 0.15) is 11.1 Å². The first-order valence-corrected chi connectivity index (χ1v) is 7.61. The summed E-state index contributed by atoms with van der Waals surface area (Å²) in [6, 6.07) is 13.8. The van der Waals surface area contributed by atoms with E-state index < -0.39 is 18.1 Å². The molecule has 0 aromatic heterocycles. The van der Waals surface area contributed by atoms with Gasteiger partial charge in [-0.3, -0.25) is 0 Å². The van der Waals surface area contributed by atoms with E-state index in [1.165, 1.54) is 24.3 Å². The first-order valence-electron chi connectivity index (χ1n) is 7.61. The summed E-state index contributed by atoms with van der Waals surface area (Å²) < 4.78 is 22.8. The van der Waals surface area contributed by atoms with E-state index in [0.717, 1.165) is 11.8 Å². The number of alkyl carbamates (subject to hydrolysis) is 1. The highest BCUT2D eigenvalue weighted by atomic mass is 19.1. The van der Waals surface area contributed by atoms with Gasteiger partial charge < -0.3 is 14.8 Å². The van der Waals surface area contributed by atoms with Crippen molar-refractivity contribution in [1.29, 1.82) is 0 Å². The lowest BCUT2D eigenvalue weighted by molar-refractivity contribution is -0.140. The van der Waals surface area contributed by atoms with Crippen LogP contribution in [0.25, 0.3) is 0 Å². The van der Waals surface area contributed by atoms with E-state index in [0.29, 0.717) is 5.56 Å². The molecule has 0 saturated heterocycles. The number of carbonyl (C=O) groups is 2. The Hall–Kier alpha value is -3.15. The molecule has 0 aliphatic rings. The first-order chi connectivity index (χ1) is 12.1. The summed E-state index contributed by atoms with van der Waals surface area (Å²) in [4.78, 5) is 23.9. The third-order valence-electron chi connectivity index (χ3n) is 3.34. The minimum atomic E-state index is -0.980. The summed E-state index contributed by atoms with van der Waals surface area (Å²) in [7, 11) is 0. The fraction of sp³-hybridized carbons (Fsp3) is 0.158. The second-order valence-electron chi connectivity index (χ2n) is 5.19. The van der Waals surface area contributed by atoms with Gasteiger partial charge in [-0.2, -0.15) is 0 Å². The second kappa shape index (κ2) is 9.22. The number of carbonyl (C=O) groups excluding carboxylic acids is 2. The zero-order chi connectivity index (χ0) is 18.1. The predicted octanol–water partition coefficient (Wildman–Crippen LogP) is 3.35. The van der Waals surface area contributed by atoms with E-state index in [1.54, 1.807) is 0 Å². The lowest BCUT2D eigenvalue weighted by Crippen LogP contribution is -2.43. The van der Waals surface area contributed by atoms with Crippen molar-refractivity contribution in [1.82, 2.24) is 5.32 Å². The summed E-state index contributed by atoms with van der Waals surface area (Å²) in [6.07, 6.45) is 0.363. The molecule has 0 heterocycles. The normalized spacial score (nSPS) is 11.2. The van der Waals surface area contributed by atoms with Gasteiger partial charge in [0.05, 0.1) is 6.26 Å². The van der Waals surface area contributed by atoms with E-state index >= 15 is 0 Å². The fourth-order valence-corrected chi connectivity index (χ4v) is 2.12. The van der Waals surface area contributed by atoms with Gasteiger partial charge >= 0.3 is 12.1 Å². The number of hydrogen-bond donors (Lipinski definition) is 1. The smallest absolute Gasteiger partial charge is 0.408 e. The molecule has 1 unspecified atom stereocenters. The van der Waals surface area contributed by atoms with Crippen LogP contribution in [-0.4, -0.2) is 18.1 Å². The van der Waals surface area contributed by atoms with Gasteiger partial charge in [0.1, 0.15) is 18.5 Å². The number of hydrogen-bond acceptors (Lipinski definition) is 4. The summed E-state index contributed by atoms with van der Waals surface area (Å²) in [5.41, 5.74) is 1.48. The molecule has 130 valence electrons. The summed E-state index contributed by atoms with van der Waals surface area (Å²) in [5.74, 6) is -1.07. The molecule has 25 heavy (non-hydrogen) atoms. The van der Waals surface area contributed by atoms with Crippen LogP contribution < -0.4 is 5.32 Å². The van der Waals surface area contributed by atoms with Gasteiger partial charge in [0.2, 0.25) is 0 Å². The number of benzene rings is 2. The van der Waals surface area contributed by atoms with Gasteiger partial charge in [-0.25, -0.2) is 14.0 Å². The third-order valence-corrected chi connectivity index (χ3v) is 3.34. The fourth-order valence-electron chi connectivity index (χ4n) is 2.12. The molecule has 2 aromatic rings. The molecule has 0 bridgehead atoms. The Morgan fingerprint density at radius 2 is 1.76 bits per heavy atom. The summed E-state index contributed by atoms with van der Waals surface area (Å²) in [6.45, 7) is 3.40. The Morgan fingerprint density at radius 1 is 1.08 bits per heavy atom. The van der Waals surface area contributed by atoms with Crippen molar-refractivity contribution < 1.29 is 23.5 Å². The minimum Gasteiger partial charge on any atom is -0.445 e. The lowest BCUT2D eigenvalue weighted by atomic mass is 10.1. The zero-order valence-corrected chi connectivity index (χ0v) is 13.5. The predicted molar refractivity (Wildman–Crippen MR) is 89.9 cm³/mol. The van der Waals surface area contributed by atoms with Crippen LogP contribution in [-0.2, 0) is 27.3 Å². The van der Waals surface area contributed by atoms with E-state index in [-0.39, 0.29) is 18.8 Å². The Labute approximate surface area is 145 Å². The van der Waals surface area contributed by atoms with Gasteiger partial charge in [-0.1, -0.05) is 49.0 Å². The van der Waals surface area contributed by atoms with Crippen LogP contribution in [0.15, 0.2) is 67.4 Å². The highest BCUT2D eigenvalue weighted by Gasteiger charge is 2.23. The summed E-state index contributed by atoms with van der Waals surface area (Å²) >= 11 is 0. The number of ether oxygens (including phenoxy) is 2. The molecular weight excluding hydrogens is 325 g/mol. The quantitative estimate of drug-likeness (QED) is 0.618. The van der Waals surface area contributed by atoms with Crippen molar-refractivity contribution in [3.05, 3.63) is 84.4 Å². The van der Waals surface area contributed by atoms with E-state index in [2.05, 4.69) is 11.9 Å². The Morgan fingerprint density at radius 3 is 2.40 bits per heavy atom. The van der Waals surface area contributed by atoms with Crippen LogP contribution in [0.5, 0.6) is 0 Å². The minimum absolute atomic E-state index is 0.0758. The average Bonchev–Trinajstić information content (AvgIpc) is 2.62. The Balaban J connectivity index is 1.97. The van der Waals surface area contributed by atoms with Crippen molar-refractivity contribution in [3.63, 3.8) is 0 Å². The maximum atomic E-state index is 13.0. The molecule has 0 saturated carbocycles. The molecule has 6 heteroatoms. The molecule has 0 fully saturated rings. The van der Waals surface area contributed by atoms with E-state index in [4.69, 9.17) is 9.47 Å². The Bertz CT molecular complexity index is 716. The first kappa shape index (κ1) is 18.2. The van der Waals surface area contributed by atoms with Crippen molar-refractivity contribution in [2.45, 2.75) is 19.1 Å². The Kier molecular flexibility index (Phi) is 6.71. The SMILES string of the molecule is C=COC(=O)C(Cc1ccc(F)cc1)NC(=O)OCc1ccccc1. The second-order valence-corrected chi connectivity index (χ2v) is 5.19. The number of nitrogens with one attached hydrogen (secondary N) is 1. The third kappa shape index (κ3) is 6.10. The average molecular weight is 343 g/mol. The maximum absolute atomic E-state index is 13.0. The van der Waals surface area contributed by atoms with E-state index in [1.807, 2.05) is 30.3 Å². The molecule has 0 aliphatic heterocycles. The highest BCUT2D eigenvalue weighted by molar-refractivity contribution is 5.82. The van der Waals surface area contributed by atoms with Gasteiger partial charge in [0.25, 0.3) is 0 Å². The van der Waals surface area contributed by atoms with Gasteiger partial charge in [-0.05, 0) is 23.3 Å². The number of rotatable bonds is 7. The molecule has 1 atom stereocenters. The summed E-state index contributed by atoms with van der Waals surface area (Å²) in [5, 5.41) is 2.46. The molecule has 5 nitrogen and oxygen atoms in total. The zero-order valence-electron chi connectivity index (χ0n) is 13.5. The number of halogens is 1. The van der Waals surface area contributed by atoms with Crippen LogP contribution in [0.2, 0.25) is 0 Å². The molecule has 1 amide bonds. The van der Waals surface area contributed by atoms with Crippen molar-refractivity contribution in [3.8, 4) is 0 Å². The van der Waals surface area contributed by atoms with Gasteiger partial charge in [0.15, 0.2) is 0 Å². The van der Waals surface area contributed by atoms with Crippen LogP contribution >= 0.6 is 0 Å². The number of esters is 1. The molecule has 2 aromatic carbocycles. The molecular formula is C19H18FNO4. The molecule has 0 aliphatic carbocycles. The number of amides is 1. The van der Waals surface area contributed by atoms with Crippen LogP contribution in [0, 0.1) is 5.82 Å². The molecule has 0 spiro atoms. The highest BCUT2D eigenvalue weighted by Crippen LogP contribution is 2.08. The molecule has 1 N–H and O–H groups in total. The monoisotopic (exact) mass is 343 g/mol. The standard InChI is InChI=1S/C19H18FNO4/c1-2-24-18(22)17(12-14-8-10-16(20)11-9-14)21-19(23)25-13-15-6-4-3-5-7-15/h2-11,17H,1,12-13H2,(H,21,23). The maximum Gasteiger partial charge on any atom is 0.408 e. The van der Waals surface area contributed by atoms with Crippen molar-refractivity contribution in [2.75, 3.05) is 0 Å². The molecule has 0 radical (unpaired) electrons. The van der Waals surface area contributed by atoms with Gasteiger partial charge in [-0.15, -0.1) is 0 Å². The topological polar surface area (TPSA) is 64.6 Å². The van der Waals surface area contributed by atoms with Gasteiger partial charge in [0, 0.05) is 6.42 Å². The lowest BCUT2D eigenvalue weighted by Gasteiger charge is -2.16. The molecule has 2 rings (SSSR count). The van der Waals surface area contributed by atoms with Crippen LogP contribution in [0.3, 0.4) is 0 Å².